The third-order valence-corrected chi connectivity index (χ3v) is 4.74. The number of rotatable bonds is 8. The summed E-state index contributed by atoms with van der Waals surface area (Å²) in [6.45, 7) is 3.34. The SMILES string of the molecule is Cc1ccc(CS(=O)Cc2ccc(C(=O)NCCN(C)C)o2)cc1. The summed E-state index contributed by atoms with van der Waals surface area (Å²) in [4.78, 5) is 13.9. The van der Waals surface area contributed by atoms with E-state index in [4.69, 9.17) is 4.42 Å². The lowest BCUT2D eigenvalue weighted by atomic mass is 10.2. The topological polar surface area (TPSA) is 62.6 Å². The van der Waals surface area contributed by atoms with Crippen LogP contribution in [0.4, 0.5) is 0 Å². The van der Waals surface area contributed by atoms with Crippen molar-refractivity contribution < 1.29 is 13.4 Å². The van der Waals surface area contributed by atoms with Crippen molar-refractivity contribution >= 4 is 16.7 Å². The highest BCUT2D eigenvalue weighted by atomic mass is 32.2. The molecule has 0 spiro atoms. The minimum Gasteiger partial charge on any atom is -0.455 e. The van der Waals surface area contributed by atoms with Gasteiger partial charge < -0.3 is 14.6 Å². The van der Waals surface area contributed by atoms with E-state index in [1.54, 1.807) is 12.1 Å². The first-order valence-corrected chi connectivity index (χ1v) is 9.35. The average Bonchev–Trinajstić information content (AvgIpc) is 2.97. The van der Waals surface area contributed by atoms with E-state index in [-0.39, 0.29) is 11.7 Å². The Morgan fingerprint density at radius 3 is 2.50 bits per heavy atom. The molecule has 0 fully saturated rings. The van der Waals surface area contributed by atoms with Crippen molar-refractivity contribution in [2.24, 2.45) is 0 Å². The maximum Gasteiger partial charge on any atom is 0.287 e. The van der Waals surface area contributed by atoms with Crippen LogP contribution in [0.3, 0.4) is 0 Å². The Morgan fingerprint density at radius 1 is 1.12 bits per heavy atom. The van der Waals surface area contributed by atoms with Crippen molar-refractivity contribution in [1.29, 1.82) is 0 Å². The standard InChI is InChI=1S/C18H24N2O3S/c1-14-4-6-15(7-5-14)12-24(22)13-16-8-9-17(23-16)18(21)19-10-11-20(2)3/h4-9H,10-13H2,1-3H3,(H,19,21). The predicted octanol–water partition coefficient (Wildman–Crippen LogP) is 2.33. The molecule has 1 aromatic heterocycles. The number of nitrogens with one attached hydrogen (secondary N) is 1. The first kappa shape index (κ1) is 18.4. The number of aryl methyl sites for hydroxylation is 1. The van der Waals surface area contributed by atoms with Gasteiger partial charge in [-0.2, -0.15) is 0 Å². The molecule has 2 rings (SSSR count). The van der Waals surface area contributed by atoms with E-state index in [1.807, 2.05) is 50.2 Å². The zero-order chi connectivity index (χ0) is 17.5. The molecule has 24 heavy (non-hydrogen) atoms. The molecule has 1 unspecified atom stereocenters. The Kier molecular flexibility index (Phi) is 6.75. The maximum atomic E-state index is 12.2. The number of nitrogens with zero attached hydrogens (tertiary/aromatic N) is 1. The fourth-order valence-electron chi connectivity index (χ4n) is 2.14. The summed E-state index contributed by atoms with van der Waals surface area (Å²) in [7, 11) is 2.82. The predicted molar refractivity (Wildman–Crippen MR) is 96.3 cm³/mol. The van der Waals surface area contributed by atoms with Crippen molar-refractivity contribution in [3.63, 3.8) is 0 Å². The Hall–Kier alpha value is -1.92. The maximum absolute atomic E-state index is 12.2. The monoisotopic (exact) mass is 348 g/mol. The van der Waals surface area contributed by atoms with Gasteiger partial charge in [-0.3, -0.25) is 9.00 Å². The van der Waals surface area contributed by atoms with E-state index in [0.29, 0.717) is 23.8 Å². The minimum atomic E-state index is -1.07. The third kappa shape index (κ3) is 5.94. The molecule has 130 valence electrons. The molecule has 1 atom stereocenters. The number of hydrogen-bond donors (Lipinski definition) is 1. The largest absolute Gasteiger partial charge is 0.455 e. The number of carbonyl (C=O) groups excluding carboxylic acids is 1. The van der Waals surface area contributed by atoms with Gasteiger partial charge in [0.25, 0.3) is 5.91 Å². The normalized spacial score (nSPS) is 12.3. The van der Waals surface area contributed by atoms with Crippen LogP contribution in [-0.2, 0) is 22.3 Å². The van der Waals surface area contributed by atoms with E-state index in [2.05, 4.69) is 5.32 Å². The molecule has 1 N–H and O–H groups in total. The fourth-order valence-corrected chi connectivity index (χ4v) is 3.28. The molecule has 1 amide bonds. The molecule has 2 aromatic rings. The number of benzene rings is 1. The van der Waals surface area contributed by atoms with Gasteiger partial charge in [-0.25, -0.2) is 0 Å². The molecule has 6 heteroatoms. The van der Waals surface area contributed by atoms with E-state index in [9.17, 15) is 9.00 Å². The number of furan rings is 1. The van der Waals surface area contributed by atoms with Crippen molar-refractivity contribution in [3.05, 3.63) is 59.0 Å². The molecule has 0 aliphatic carbocycles. The molecular formula is C18H24N2O3S. The Bertz CT molecular complexity index is 693. The molecule has 0 aliphatic heterocycles. The minimum absolute atomic E-state index is 0.243. The average molecular weight is 348 g/mol. The lowest BCUT2D eigenvalue weighted by Crippen LogP contribution is -2.31. The number of likely N-dealkylation sites (N-methyl/N-ethyl adjacent to an activating group) is 1. The van der Waals surface area contributed by atoms with Crippen LogP contribution in [0.15, 0.2) is 40.8 Å². The summed E-state index contributed by atoms with van der Waals surface area (Å²) in [5.41, 5.74) is 2.22. The zero-order valence-corrected chi connectivity index (χ0v) is 15.2. The first-order chi connectivity index (χ1) is 11.4. The molecule has 5 nitrogen and oxygen atoms in total. The van der Waals surface area contributed by atoms with Gasteiger partial charge in [0.1, 0.15) is 5.76 Å². The van der Waals surface area contributed by atoms with Crippen LogP contribution in [0.2, 0.25) is 0 Å². The smallest absolute Gasteiger partial charge is 0.287 e. The summed E-state index contributed by atoms with van der Waals surface area (Å²) in [5, 5.41) is 2.79. The van der Waals surface area contributed by atoms with Gasteiger partial charge in [-0.15, -0.1) is 0 Å². The lowest BCUT2D eigenvalue weighted by molar-refractivity contribution is 0.0922. The van der Waals surface area contributed by atoms with Gasteiger partial charge in [-0.05, 0) is 38.7 Å². The van der Waals surface area contributed by atoms with E-state index in [0.717, 1.165) is 12.1 Å². The van der Waals surface area contributed by atoms with Crippen LogP contribution in [0, 0.1) is 6.92 Å². The molecular weight excluding hydrogens is 324 g/mol. The molecule has 1 heterocycles. The second kappa shape index (κ2) is 8.80. The van der Waals surface area contributed by atoms with Crippen LogP contribution in [-0.4, -0.2) is 42.2 Å². The van der Waals surface area contributed by atoms with Crippen LogP contribution < -0.4 is 5.32 Å². The highest BCUT2D eigenvalue weighted by molar-refractivity contribution is 7.83. The molecule has 0 radical (unpaired) electrons. The van der Waals surface area contributed by atoms with Crippen molar-refractivity contribution in [2.45, 2.75) is 18.4 Å². The number of amides is 1. The van der Waals surface area contributed by atoms with Gasteiger partial charge in [0.2, 0.25) is 0 Å². The van der Waals surface area contributed by atoms with Gasteiger partial charge >= 0.3 is 0 Å². The highest BCUT2D eigenvalue weighted by Crippen LogP contribution is 2.13. The van der Waals surface area contributed by atoms with Gasteiger partial charge in [0.05, 0.1) is 5.75 Å². The summed E-state index contributed by atoms with van der Waals surface area (Å²) in [5.74, 6) is 1.37. The van der Waals surface area contributed by atoms with Gasteiger partial charge in [0.15, 0.2) is 5.76 Å². The Labute approximate surface area is 145 Å². The molecule has 0 saturated heterocycles. The number of carbonyl (C=O) groups is 1. The second-order valence-electron chi connectivity index (χ2n) is 6.04. The molecule has 0 bridgehead atoms. The molecule has 1 aromatic carbocycles. The summed E-state index contributed by atoms with van der Waals surface area (Å²) in [6, 6.07) is 11.3. The van der Waals surface area contributed by atoms with E-state index in [1.165, 1.54) is 5.56 Å². The van der Waals surface area contributed by atoms with E-state index < -0.39 is 10.8 Å². The summed E-state index contributed by atoms with van der Waals surface area (Å²) < 4.78 is 17.7. The summed E-state index contributed by atoms with van der Waals surface area (Å²) >= 11 is 0. The van der Waals surface area contributed by atoms with Crippen molar-refractivity contribution in [1.82, 2.24) is 10.2 Å². The van der Waals surface area contributed by atoms with E-state index >= 15 is 0 Å². The first-order valence-electron chi connectivity index (χ1n) is 7.86. The van der Waals surface area contributed by atoms with Gasteiger partial charge in [0, 0.05) is 29.6 Å². The Balaban J connectivity index is 1.85. The van der Waals surface area contributed by atoms with Gasteiger partial charge in [-0.1, -0.05) is 29.8 Å². The summed E-state index contributed by atoms with van der Waals surface area (Å²) in [6.07, 6.45) is 0. The second-order valence-corrected chi connectivity index (χ2v) is 7.50. The third-order valence-electron chi connectivity index (χ3n) is 3.48. The highest BCUT2D eigenvalue weighted by Gasteiger charge is 2.13. The van der Waals surface area contributed by atoms with Crippen LogP contribution in [0.5, 0.6) is 0 Å². The zero-order valence-electron chi connectivity index (χ0n) is 14.4. The lowest BCUT2D eigenvalue weighted by Gasteiger charge is -2.09. The van der Waals surface area contributed by atoms with Crippen LogP contribution in [0.1, 0.15) is 27.4 Å². The van der Waals surface area contributed by atoms with Crippen molar-refractivity contribution in [2.75, 3.05) is 27.2 Å². The quantitative estimate of drug-likeness (QED) is 0.795. The fraction of sp³-hybridized carbons (Fsp3) is 0.389. The van der Waals surface area contributed by atoms with Crippen molar-refractivity contribution in [3.8, 4) is 0 Å². The van der Waals surface area contributed by atoms with Crippen LogP contribution in [0.25, 0.3) is 0 Å². The molecule has 0 aliphatic rings. The number of hydrogen-bond acceptors (Lipinski definition) is 4. The molecule has 0 saturated carbocycles. The van der Waals surface area contributed by atoms with Crippen LogP contribution >= 0.6 is 0 Å². The Morgan fingerprint density at radius 2 is 1.83 bits per heavy atom.